The summed E-state index contributed by atoms with van der Waals surface area (Å²) < 4.78 is 6.12. The van der Waals surface area contributed by atoms with E-state index in [4.69, 9.17) is 16.3 Å². The van der Waals surface area contributed by atoms with Crippen LogP contribution in [0, 0.1) is 16.7 Å². The van der Waals surface area contributed by atoms with Crippen LogP contribution in [0.2, 0.25) is 0 Å². The third kappa shape index (κ3) is 1.61. The van der Waals surface area contributed by atoms with Gasteiger partial charge in [-0.3, -0.25) is 0 Å². The summed E-state index contributed by atoms with van der Waals surface area (Å²) in [6, 6.07) is 0. The van der Waals surface area contributed by atoms with E-state index < -0.39 is 0 Å². The van der Waals surface area contributed by atoms with E-state index in [1.807, 2.05) is 0 Å². The van der Waals surface area contributed by atoms with Crippen LogP contribution in [0.1, 0.15) is 45.0 Å². The van der Waals surface area contributed by atoms with Gasteiger partial charge >= 0.3 is 0 Å². The molecular formula is C13H19ClN2OS. The second-order valence-electron chi connectivity index (χ2n) is 6.31. The zero-order chi connectivity index (χ0) is 13.0. The minimum absolute atomic E-state index is 0.268. The topological polar surface area (TPSA) is 35.0 Å². The largest absolute Gasteiger partial charge is 0.465 e. The van der Waals surface area contributed by atoms with Gasteiger partial charge in [0.25, 0.3) is 5.19 Å². The molecule has 3 unspecified atom stereocenters. The fourth-order valence-electron chi connectivity index (χ4n) is 3.77. The lowest BCUT2D eigenvalue weighted by Gasteiger charge is -2.38. The van der Waals surface area contributed by atoms with E-state index in [-0.39, 0.29) is 11.5 Å². The van der Waals surface area contributed by atoms with Crippen molar-refractivity contribution in [3.8, 4) is 5.19 Å². The number of aromatic nitrogens is 2. The van der Waals surface area contributed by atoms with Gasteiger partial charge in [0.15, 0.2) is 0 Å². The number of halogens is 1. The van der Waals surface area contributed by atoms with Gasteiger partial charge in [-0.2, -0.15) is 0 Å². The van der Waals surface area contributed by atoms with Gasteiger partial charge < -0.3 is 4.74 Å². The number of hydrogen-bond acceptors (Lipinski definition) is 4. The molecule has 0 saturated heterocycles. The molecule has 3 atom stereocenters. The summed E-state index contributed by atoms with van der Waals surface area (Å²) in [5, 5.41) is 9.60. The summed E-state index contributed by atoms with van der Waals surface area (Å²) in [6.07, 6.45) is 4.03. The van der Waals surface area contributed by atoms with Crippen LogP contribution in [-0.2, 0) is 5.88 Å². The number of alkyl halides is 1. The van der Waals surface area contributed by atoms with Crippen LogP contribution >= 0.6 is 22.9 Å². The van der Waals surface area contributed by atoms with Crippen LogP contribution in [0.15, 0.2) is 0 Å². The molecule has 18 heavy (non-hydrogen) atoms. The molecule has 2 saturated carbocycles. The van der Waals surface area contributed by atoms with E-state index in [9.17, 15) is 0 Å². The average molecular weight is 287 g/mol. The van der Waals surface area contributed by atoms with Gasteiger partial charge in [0, 0.05) is 5.41 Å². The summed E-state index contributed by atoms with van der Waals surface area (Å²) in [5.74, 6) is 1.20. The first-order valence-electron chi connectivity index (χ1n) is 6.52. The monoisotopic (exact) mass is 286 g/mol. The number of hydrogen-bond donors (Lipinski definition) is 0. The van der Waals surface area contributed by atoms with Crippen LogP contribution in [-0.4, -0.2) is 16.3 Å². The highest BCUT2D eigenvalue weighted by atomic mass is 35.5. The van der Waals surface area contributed by atoms with Gasteiger partial charge in [0.1, 0.15) is 11.1 Å². The Kier molecular flexibility index (Phi) is 2.87. The SMILES string of the molecule is CC1(C)C2CCC1(C)C(Oc1nnc(CCl)s1)C2. The maximum absolute atomic E-state index is 6.12. The lowest BCUT2D eigenvalue weighted by molar-refractivity contribution is 0.0296. The first-order valence-corrected chi connectivity index (χ1v) is 7.87. The summed E-state index contributed by atoms with van der Waals surface area (Å²) in [4.78, 5) is 0. The van der Waals surface area contributed by atoms with E-state index >= 15 is 0 Å². The third-order valence-corrected chi connectivity index (χ3v) is 6.75. The van der Waals surface area contributed by atoms with Gasteiger partial charge in [0.2, 0.25) is 0 Å². The maximum atomic E-state index is 6.12. The number of ether oxygens (including phenoxy) is 1. The molecule has 5 heteroatoms. The fourth-order valence-corrected chi connectivity index (χ4v) is 4.57. The molecule has 0 spiro atoms. The van der Waals surface area contributed by atoms with Crippen molar-refractivity contribution in [2.24, 2.45) is 16.7 Å². The highest BCUT2D eigenvalue weighted by Crippen LogP contribution is 2.66. The Bertz CT molecular complexity index is 462. The van der Waals surface area contributed by atoms with Crippen molar-refractivity contribution < 1.29 is 4.74 Å². The summed E-state index contributed by atoms with van der Waals surface area (Å²) in [5.41, 5.74) is 0.641. The van der Waals surface area contributed by atoms with Crippen LogP contribution in [0.4, 0.5) is 0 Å². The molecule has 1 aromatic heterocycles. The highest BCUT2D eigenvalue weighted by Gasteiger charge is 2.62. The van der Waals surface area contributed by atoms with Crippen LogP contribution in [0.5, 0.6) is 5.19 Å². The molecule has 2 aliphatic carbocycles. The van der Waals surface area contributed by atoms with Crippen molar-refractivity contribution in [3.05, 3.63) is 5.01 Å². The smallest absolute Gasteiger partial charge is 0.294 e. The normalized spacial score (nSPS) is 37.1. The van der Waals surface area contributed by atoms with Gasteiger partial charge in [-0.1, -0.05) is 32.1 Å². The van der Waals surface area contributed by atoms with Crippen molar-refractivity contribution in [3.63, 3.8) is 0 Å². The van der Waals surface area contributed by atoms with Crippen molar-refractivity contribution in [2.45, 2.75) is 52.0 Å². The molecule has 0 N–H and O–H groups in total. The second-order valence-corrected chi connectivity index (χ2v) is 7.60. The number of rotatable bonds is 3. The summed E-state index contributed by atoms with van der Waals surface area (Å²) >= 11 is 7.21. The molecule has 1 heterocycles. The Balaban J connectivity index is 1.79. The quantitative estimate of drug-likeness (QED) is 0.791. The summed E-state index contributed by atoms with van der Waals surface area (Å²) in [7, 11) is 0. The van der Waals surface area contributed by atoms with Crippen molar-refractivity contribution in [1.29, 1.82) is 0 Å². The lowest BCUT2D eigenvalue weighted by Crippen LogP contribution is -2.38. The second kappa shape index (κ2) is 4.07. The molecule has 0 radical (unpaired) electrons. The zero-order valence-corrected chi connectivity index (χ0v) is 12.6. The molecule has 100 valence electrons. The van der Waals surface area contributed by atoms with Crippen LogP contribution < -0.4 is 4.74 Å². The first-order chi connectivity index (χ1) is 8.47. The van der Waals surface area contributed by atoms with Crippen molar-refractivity contribution >= 4 is 22.9 Å². The van der Waals surface area contributed by atoms with Crippen LogP contribution in [0.3, 0.4) is 0 Å². The van der Waals surface area contributed by atoms with E-state index in [0.29, 0.717) is 16.5 Å². The van der Waals surface area contributed by atoms with E-state index in [0.717, 1.165) is 17.3 Å². The molecule has 0 aliphatic heterocycles. The van der Waals surface area contributed by atoms with E-state index in [1.165, 1.54) is 24.2 Å². The maximum Gasteiger partial charge on any atom is 0.294 e. The lowest BCUT2D eigenvalue weighted by atomic mass is 9.70. The molecule has 3 rings (SSSR count). The minimum Gasteiger partial charge on any atom is -0.465 e. The van der Waals surface area contributed by atoms with Gasteiger partial charge in [-0.05, 0) is 30.6 Å². The Hall–Kier alpha value is -0.350. The van der Waals surface area contributed by atoms with Crippen molar-refractivity contribution in [2.75, 3.05) is 0 Å². The average Bonchev–Trinajstić information content (AvgIpc) is 2.92. The Morgan fingerprint density at radius 3 is 2.67 bits per heavy atom. The van der Waals surface area contributed by atoms with E-state index in [1.54, 1.807) is 0 Å². The molecule has 2 bridgehead atoms. The Labute approximate surface area is 117 Å². The van der Waals surface area contributed by atoms with Gasteiger partial charge in [0.05, 0.1) is 5.88 Å². The number of nitrogens with zero attached hydrogens (tertiary/aromatic N) is 2. The van der Waals surface area contributed by atoms with Crippen molar-refractivity contribution in [1.82, 2.24) is 10.2 Å². The molecule has 1 aromatic rings. The Morgan fingerprint density at radius 1 is 1.39 bits per heavy atom. The molecule has 0 amide bonds. The fraction of sp³-hybridized carbons (Fsp3) is 0.846. The molecule has 2 fully saturated rings. The highest BCUT2D eigenvalue weighted by molar-refractivity contribution is 7.13. The molecule has 2 aliphatic rings. The standard InChI is InChI=1S/C13H19ClN2OS/c1-12(2)8-4-5-13(12,3)9(6-8)17-11-16-15-10(7-14)18-11/h8-9H,4-7H2,1-3H3. The predicted molar refractivity (Wildman–Crippen MR) is 73.1 cm³/mol. The van der Waals surface area contributed by atoms with Gasteiger partial charge in [-0.25, -0.2) is 0 Å². The summed E-state index contributed by atoms with van der Waals surface area (Å²) in [6.45, 7) is 7.14. The Morgan fingerprint density at radius 2 is 2.17 bits per heavy atom. The molecular weight excluding hydrogens is 268 g/mol. The van der Waals surface area contributed by atoms with E-state index in [2.05, 4.69) is 31.0 Å². The molecule has 3 nitrogen and oxygen atoms in total. The zero-order valence-electron chi connectivity index (χ0n) is 11.1. The number of fused-ring (bicyclic) bond motifs is 2. The third-order valence-electron chi connectivity index (χ3n) is 5.52. The minimum atomic E-state index is 0.268. The molecule has 0 aromatic carbocycles. The predicted octanol–water partition coefficient (Wildman–Crippen LogP) is 3.87. The van der Waals surface area contributed by atoms with Gasteiger partial charge in [-0.15, -0.1) is 21.8 Å². The first kappa shape index (κ1) is 12.7. The van der Waals surface area contributed by atoms with Crippen LogP contribution in [0.25, 0.3) is 0 Å².